The number of nitrogens with zero attached hydrogens (tertiary/aromatic N) is 1. The monoisotopic (exact) mass is 254 g/mol. The van der Waals surface area contributed by atoms with E-state index in [2.05, 4.69) is 67.1 Å². The number of benzene rings is 2. The summed E-state index contributed by atoms with van der Waals surface area (Å²) in [4.78, 5) is 1.42. The van der Waals surface area contributed by atoms with Crippen molar-refractivity contribution in [1.29, 1.82) is 0 Å². The molecule has 0 aliphatic carbocycles. The van der Waals surface area contributed by atoms with E-state index in [1.54, 1.807) is 0 Å². The molecular weight excluding hydrogens is 238 g/mol. The van der Waals surface area contributed by atoms with E-state index < -0.39 is 0 Å². The summed E-state index contributed by atoms with van der Waals surface area (Å²) < 4.78 is 2.31. The second-order valence-corrected chi connectivity index (χ2v) is 5.66. The Hall–Kier alpha value is -1.54. The second kappa shape index (κ2) is 4.62. The molecule has 0 saturated carbocycles. The fraction of sp³-hybridized carbons (Fsp3) is 0.188. The van der Waals surface area contributed by atoms with Gasteiger partial charge in [-0.3, -0.25) is 0 Å². The summed E-state index contributed by atoms with van der Waals surface area (Å²) >= 11 is 1.92. The summed E-state index contributed by atoms with van der Waals surface area (Å²) in [5, 5.41) is 0. The van der Waals surface area contributed by atoms with E-state index in [-0.39, 0.29) is 0 Å². The molecule has 2 aromatic carbocycles. The van der Waals surface area contributed by atoms with Gasteiger partial charge in [0.05, 0.1) is 5.56 Å². The van der Waals surface area contributed by atoms with Gasteiger partial charge in [-0.15, -0.1) is 0 Å². The number of aryl methyl sites for hydroxylation is 2. The topological polar surface area (TPSA) is 3.01 Å². The first-order valence-corrected chi connectivity index (χ1v) is 7.13. The summed E-state index contributed by atoms with van der Waals surface area (Å²) in [6, 6.07) is 15.1. The van der Waals surface area contributed by atoms with Crippen molar-refractivity contribution in [3.8, 4) is 0 Å². The number of rotatable bonds is 1. The maximum atomic E-state index is 2.31. The predicted molar refractivity (Wildman–Crippen MR) is 78.2 cm³/mol. The first-order valence-electron chi connectivity index (χ1n) is 6.14. The molecule has 1 aliphatic rings. The molecule has 3 rings (SSSR count). The summed E-state index contributed by atoms with van der Waals surface area (Å²) in [6.45, 7) is 4.36. The van der Waals surface area contributed by atoms with Gasteiger partial charge in [0.15, 0.2) is 12.1 Å². The number of para-hydroxylation sites is 1. The normalized spacial score (nSPS) is 14.0. The van der Waals surface area contributed by atoms with E-state index >= 15 is 0 Å². The molecule has 0 atom stereocenters. The molecule has 0 unspecified atom stereocenters. The molecule has 1 heterocycles. The lowest BCUT2D eigenvalue weighted by Gasteiger charge is -2.14. The Morgan fingerprint density at radius 3 is 2.61 bits per heavy atom. The fourth-order valence-electron chi connectivity index (χ4n) is 2.39. The summed E-state index contributed by atoms with van der Waals surface area (Å²) in [5.74, 6) is 0.987. The quantitative estimate of drug-likeness (QED) is 0.691. The van der Waals surface area contributed by atoms with Crippen molar-refractivity contribution >= 4 is 23.7 Å². The van der Waals surface area contributed by atoms with Crippen LogP contribution in [0, 0.1) is 13.8 Å². The van der Waals surface area contributed by atoms with Crippen LogP contribution in [0.25, 0.3) is 0 Å². The molecule has 0 bridgehead atoms. The lowest BCUT2D eigenvalue weighted by molar-refractivity contribution is -0.411. The number of hydrogen-bond donors (Lipinski definition) is 0. The van der Waals surface area contributed by atoms with Crippen molar-refractivity contribution in [1.82, 2.24) is 0 Å². The third kappa shape index (κ3) is 2.08. The van der Waals surface area contributed by atoms with Crippen LogP contribution in [0.3, 0.4) is 0 Å². The Morgan fingerprint density at radius 2 is 1.83 bits per heavy atom. The largest absolute Gasteiger partial charge is 0.205 e. The van der Waals surface area contributed by atoms with Gasteiger partial charge in [-0.1, -0.05) is 36.0 Å². The molecule has 18 heavy (non-hydrogen) atoms. The van der Waals surface area contributed by atoms with Crippen LogP contribution in [0.2, 0.25) is 0 Å². The van der Waals surface area contributed by atoms with Crippen LogP contribution in [-0.4, -0.2) is 16.7 Å². The van der Waals surface area contributed by atoms with Crippen molar-refractivity contribution in [2.24, 2.45) is 0 Å². The van der Waals surface area contributed by atoms with Crippen LogP contribution in [0.5, 0.6) is 0 Å². The van der Waals surface area contributed by atoms with Crippen molar-refractivity contribution in [3.05, 3.63) is 59.2 Å². The van der Waals surface area contributed by atoms with Crippen LogP contribution in [0.1, 0.15) is 16.7 Å². The molecule has 2 heteroatoms. The van der Waals surface area contributed by atoms with Crippen LogP contribution in [0.15, 0.2) is 47.4 Å². The first kappa shape index (κ1) is 11.5. The number of fused-ring (bicyclic) bond motifs is 1. The van der Waals surface area contributed by atoms with E-state index in [0.29, 0.717) is 0 Å². The van der Waals surface area contributed by atoms with Gasteiger partial charge in [-0.25, -0.2) is 0 Å². The van der Waals surface area contributed by atoms with Crippen LogP contribution < -0.4 is 0 Å². The highest BCUT2D eigenvalue weighted by molar-refractivity contribution is 7.99. The number of hydrogen-bond acceptors (Lipinski definition) is 1. The van der Waals surface area contributed by atoms with Crippen LogP contribution >= 0.6 is 11.8 Å². The Bertz CT molecular complexity index is 614. The predicted octanol–water partition coefficient (Wildman–Crippen LogP) is 4.13. The van der Waals surface area contributed by atoms with Gasteiger partial charge in [0.2, 0.25) is 5.69 Å². The lowest BCUT2D eigenvalue weighted by Crippen LogP contribution is -2.13. The Balaban J connectivity index is 2.09. The Labute approximate surface area is 112 Å². The molecule has 0 radical (unpaired) electrons. The summed E-state index contributed by atoms with van der Waals surface area (Å²) in [7, 11) is 0. The zero-order valence-electron chi connectivity index (χ0n) is 10.7. The van der Waals surface area contributed by atoms with Gasteiger partial charge in [-0.05, 0) is 31.0 Å². The highest BCUT2D eigenvalue weighted by atomic mass is 32.2. The van der Waals surface area contributed by atoms with Crippen molar-refractivity contribution in [3.63, 3.8) is 0 Å². The standard InChI is InChI=1S/C16H16NS/c1-12-8-13(2)16-14(9-12)10-17(11-18-16)15-6-4-3-5-7-15/h3-10H,11H2,1-2H3/q+1. The average molecular weight is 254 g/mol. The first-order chi connectivity index (χ1) is 8.74. The van der Waals surface area contributed by atoms with E-state index in [1.807, 2.05) is 11.8 Å². The van der Waals surface area contributed by atoms with E-state index in [9.17, 15) is 0 Å². The van der Waals surface area contributed by atoms with Crippen LogP contribution in [0.4, 0.5) is 5.69 Å². The third-order valence-electron chi connectivity index (χ3n) is 3.18. The molecule has 90 valence electrons. The minimum absolute atomic E-state index is 0.987. The molecule has 1 nitrogen and oxygen atoms in total. The van der Waals surface area contributed by atoms with Gasteiger partial charge in [0, 0.05) is 17.0 Å². The molecule has 0 fully saturated rings. The third-order valence-corrected chi connectivity index (χ3v) is 4.43. The van der Waals surface area contributed by atoms with Gasteiger partial charge in [0.25, 0.3) is 0 Å². The van der Waals surface area contributed by atoms with E-state index in [1.165, 1.54) is 27.3 Å². The van der Waals surface area contributed by atoms with Gasteiger partial charge >= 0.3 is 0 Å². The van der Waals surface area contributed by atoms with Crippen molar-refractivity contribution < 1.29 is 4.58 Å². The van der Waals surface area contributed by atoms with Crippen LogP contribution in [-0.2, 0) is 0 Å². The number of thioether (sulfide) groups is 1. The highest BCUT2D eigenvalue weighted by Gasteiger charge is 2.19. The molecular formula is C16H16NS+. The zero-order chi connectivity index (χ0) is 12.5. The molecule has 0 N–H and O–H groups in total. The molecule has 0 amide bonds. The minimum atomic E-state index is 0.987. The average Bonchev–Trinajstić information content (AvgIpc) is 2.39. The van der Waals surface area contributed by atoms with E-state index in [4.69, 9.17) is 0 Å². The minimum Gasteiger partial charge on any atom is -0.188 e. The zero-order valence-corrected chi connectivity index (χ0v) is 11.5. The molecule has 0 aromatic heterocycles. The van der Waals surface area contributed by atoms with Gasteiger partial charge in [0.1, 0.15) is 0 Å². The molecule has 1 aliphatic heterocycles. The Morgan fingerprint density at radius 1 is 1.06 bits per heavy atom. The maximum absolute atomic E-state index is 2.31. The van der Waals surface area contributed by atoms with Gasteiger partial charge < -0.3 is 0 Å². The summed E-state index contributed by atoms with van der Waals surface area (Å²) in [6.07, 6.45) is 2.27. The fourth-order valence-corrected chi connectivity index (χ4v) is 3.44. The SMILES string of the molecule is Cc1cc(C)c2c(c1)C=[N+](c1ccccc1)CS2. The molecule has 0 spiro atoms. The van der Waals surface area contributed by atoms with E-state index in [0.717, 1.165) is 5.88 Å². The lowest BCUT2D eigenvalue weighted by atomic mass is 10.1. The van der Waals surface area contributed by atoms with Crippen molar-refractivity contribution in [2.45, 2.75) is 18.7 Å². The van der Waals surface area contributed by atoms with Crippen molar-refractivity contribution in [2.75, 3.05) is 5.88 Å². The Kier molecular flexibility index (Phi) is 2.96. The summed E-state index contributed by atoms with van der Waals surface area (Å²) in [5.41, 5.74) is 5.32. The smallest absolute Gasteiger partial charge is 0.188 e. The molecule has 0 saturated heterocycles. The highest BCUT2D eigenvalue weighted by Crippen LogP contribution is 2.31. The second-order valence-electron chi connectivity index (χ2n) is 4.71. The maximum Gasteiger partial charge on any atom is 0.205 e. The molecule has 2 aromatic rings. The van der Waals surface area contributed by atoms with Gasteiger partial charge in [-0.2, -0.15) is 4.58 Å².